The van der Waals surface area contributed by atoms with Crippen molar-refractivity contribution < 1.29 is 9.53 Å². The van der Waals surface area contributed by atoms with Crippen molar-refractivity contribution in [3.63, 3.8) is 0 Å². The van der Waals surface area contributed by atoms with Gasteiger partial charge in [0.15, 0.2) is 0 Å². The first kappa shape index (κ1) is 15.5. The Hall–Kier alpha value is -1.39. The monoisotopic (exact) mass is 302 g/mol. The van der Waals surface area contributed by atoms with Crippen LogP contribution in [-0.2, 0) is 17.8 Å². The third-order valence-corrected chi connectivity index (χ3v) is 5.07. The number of hydrogen-bond donors (Lipinski definition) is 2. The number of ether oxygens (including phenoxy) is 1. The lowest BCUT2D eigenvalue weighted by atomic mass is 9.83. The fraction of sp³-hybridized carbons (Fsp3) is 0.611. The van der Waals surface area contributed by atoms with E-state index in [1.54, 1.807) is 0 Å². The Kier molecular flexibility index (Phi) is 5.11. The van der Waals surface area contributed by atoms with Crippen molar-refractivity contribution in [1.29, 1.82) is 0 Å². The Morgan fingerprint density at radius 3 is 2.91 bits per heavy atom. The quantitative estimate of drug-likeness (QED) is 0.897. The maximum Gasteiger partial charge on any atom is 0.251 e. The van der Waals surface area contributed by atoms with Gasteiger partial charge in [0.25, 0.3) is 5.91 Å². The Morgan fingerprint density at radius 1 is 1.32 bits per heavy atom. The number of benzene rings is 1. The summed E-state index contributed by atoms with van der Waals surface area (Å²) in [5, 5.41) is 3.18. The van der Waals surface area contributed by atoms with E-state index in [0.29, 0.717) is 19.1 Å². The van der Waals surface area contributed by atoms with Crippen molar-refractivity contribution in [3.8, 4) is 0 Å². The highest BCUT2D eigenvalue weighted by Crippen LogP contribution is 2.27. The van der Waals surface area contributed by atoms with E-state index in [1.165, 1.54) is 37.7 Å². The number of nitrogens with two attached hydrogens (primary N) is 1. The lowest BCUT2D eigenvalue weighted by Crippen LogP contribution is -2.46. The number of carbonyl (C=O) groups is 1. The molecule has 4 heteroatoms. The summed E-state index contributed by atoms with van der Waals surface area (Å²) in [5.41, 5.74) is 8.97. The van der Waals surface area contributed by atoms with Crippen molar-refractivity contribution in [2.75, 3.05) is 13.2 Å². The summed E-state index contributed by atoms with van der Waals surface area (Å²) in [4.78, 5) is 12.7. The lowest BCUT2D eigenvalue weighted by Gasteiger charge is -2.30. The highest BCUT2D eigenvalue weighted by molar-refractivity contribution is 5.96. The molecule has 1 aliphatic carbocycles. The summed E-state index contributed by atoms with van der Waals surface area (Å²) < 4.78 is 5.53. The van der Waals surface area contributed by atoms with E-state index >= 15 is 0 Å². The van der Waals surface area contributed by atoms with E-state index in [9.17, 15) is 4.79 Å². The molecular weight excluding hydrogens is 276 g/mol. The molecule has 0 radical (unpaired) electrons. The standard InChI is InChI=1S/C18H26N2O2/c19-11-17(14-5-2-1-3-6-14)20-18(21)15-8-4-7-13-9-10-22-12-16(13)15/h4,7-8,14,17H,1-3,5-6,9-12,19H2,(H,20,21)/t17-/m0/s1. The van der Waals surface area contributed by atoms with Gasteiger partial charge in [-0.1, -0.05) is 31.4 Å². The molecule has 1 fully saturated rings. The van der Waals surface area contributed by atoms with Gasteiger partial charge in [-0.3, -0.25) is 4.79 Å². The van der Waals surface area contributed by atoms with Gasteiger partial charge in [0.05, 0.1) is 13.2 Å². The molecule has 1 aromatic rings. The van der Waals surface area contributed by atoms with Gasteiger partial charge in [-0.15, -0.1) is 0 Å². The van der Waals surface area contributed by atoms with Crippen LogP contribution in [0.3, 0.4) is 0 Å². The third kappa shape index (κ3) is 3.33. The molecule has 1 aliphatic heterocycles. The van der Waals surface area contributed by atoms with Crippen molar-refractivity contribution in [3.05, 3.63) is 34.9 Å². The predicted octanol–water partition coefficient (Wildman–Crippen LogP) is 2.40. The molecule has 0 spiro atoms. The van der Waals surface area contributed by atoms with Crippen LogP contribution in [0.25, 0.3) is 0 Å². The summed E-state index contributed by atoms with van der Waals surface area (Å²) in [6.07, 6.45) is 7.07. The first-order valence-electron chi connectivity index (χ1n) is 8.49. The summed E-state index contributed by atoms with van der Waals surface area (Å²) in [5.74, 6) is 0.530. The number of rotatable bonds is 4. The molecule has 1 atom stereocenters. The van der Waals surface area contributed by atoms with Crippen LogP contribution in [0.5, 0.6) is 0 Å². The number of amides is 1. The first-order chi connectivity index (χ1) is 10.8. The van der Waals surface area contributed by atoms with Crippen molar-refractivity contribution >= 4 is 5.91 Å². The van der Waals surface area contributed by atoms with Crippen LogP contribution in [0, 0.1) is 5.92 Å². The summed E-state index contributed by atoms with van der Waals surface area (Å²) >= 11 is 0. The molecule has 2 aliphatic rings. The third-order valence-electron chi connectivity index (χ3n) is 5.07. The molecule has 22 heavy (non-hydrogen) atoms. The minimum atomic E-state index is 0.00312. The summed E-state index contributed by atoms with van der Waals surface area (Å²) in [7, 11) is 0. The van der Waals surface area contributed by atoms with Gasteiger partial charge in [0, 0.05) is 18.2 Å². The maximum atomic E-state index is 12.7. The molecule has 0 bridgehead atoms. The Balaban J connectivity index is 1.73. The molecule has 1 saturated carbocycles. The van der Waals surface area contributed by atoms with E-state index in [-0.39, 0.29) is 11.9 Å². The Labute approximate surface area is 132 Å². The smallest absolute Gasteiger partial charge is 0.251 e. The Morgan fingerprint density at radius 2 is 2.14 bits per heavy atom. The number of carbonyl (C=O) groups excluding carboxylic acids is 1. The second-order valence-corrected chi connectivity index (χ2v) is 6.46. The molecule has 3 rings (SSSR count). The molecule has 1 aromatic carbocycles. The number of nitrogens with one attached hydrogen (secondary N) is 1. The normalized spacial score (nSPS) is 20.2. The van der Waals surface area contributed by atoms with Crippen LogP contribution >= 0.6 is 0 Å². The van der Waals surface area contributed by atoms with Crippen LogP contribution in [0.1, 0.15) is 53.6 Å². The van der Waals surface area contributed by atoms with E-state index < -0.39 is 0 Å². The SMILES string of the molecule is NC[C@H](NC(=O)c1cccc2c1COCC2)C1CCCCC1. The molecular formula is C18H26N2O2. The van der Waals surface area contributed by atoms with E-state index in [2.05, 4.69) is 11.4 Å². The van der Waals surface area contributed by atoms with E-state index in [4.69, 9.17) is 10.5 Å². The molecule has 0 unspecified atom stereocenters. The van der Waals surface area contributed by atoms with Crippen molar-refractivity contribution in [2.45, 2.75) is 51.2 Å². The van der Waals surface area contributed by atoms with Crippen molar-refractivity contribution in [1.82, 2.24) is 5.32 Å². The van der Waals surface area contributed by atoms with Gasteiger partial charge in [0.2, 0.25) is 0 Å². The molecule has 3 N–H and O–H groups in total. The zero-order chi connectivity index (χ0) is 15.4. The van der Waals surface area contributed by atoms with Crippen molar-refractivity contribution in [2.24, 2.45) is 11.7 Å². The highest BCUT2D eigenvalue weighted by Gasteiger charge is 2.26. The summed E-state index contributed by atoms with van der Waals surface area (Å²) in [6, 6.07) is 6.05. The predicted molar refractivity (Wildman–Crippen MR) is 86.7 cm³/mol. The minimum Gasteiger partial charge on any atom is -0.376 e. The second kappa shape index (κ2) is 7.25. The minimum absolute atomic E-state index is 0.00312. The van der Waals surface area contributed by atoms with Crippen LogP contribution in [0.4, 0.5) is 0 Å². The number of hydrogen-bond acceptors (Lipinski definition) is 3. The lowest BCUT2D eigenvalue weighted by molar-refractivity contribution is 0.0892. The maximum absolute atomic E-state index is 12.7. The number of fused-ring (bicyclic) bond motifs is 1. The molecule has 1 heterocycles. The van der Waals surface area contributed by atoms with Gasteiger partial charge < -0.3 is 15.8 Å². The zero-order valence-electron chi connectivity index (χ0n) is 13.1. The Bertz CT molecular complexity index is 524. The van der Waals surface area contributed by atoms with Crippen LogP contribution in [0.2, 0.25) is 0 Å². The molecule has 0 aromatic heterocycles. The van der Waals surface area contributed by atoms with Gasteiger partial charge in [-0.25, -0.2) is 0 Å². The van der Waals surface area contributed by atoms with E-state index in [0.717, 1.165) is 24.2 Å². The molecule has 0 saturated heterocycles. The molecule has 4 nitrogen and oxygen atoms in total. The zero-order valence-corrected chi connectivity index (χ0v) is 13.1. The fourth-order valence-corrected chi connectivity index (χ4v) is 3.76. The first-order valence-corrected chi connectivity index (χ1v) is 8.49. The molecule has 120 valence electrons. The average molecular weight is 302 g/mol. The van der Waals surface area contributed by atoms with Gasteiger partial charge in [0.1, 0.15) is 0 Å². The fourth-order valence-electron chi connectivity index (χ4n) is 3.76. The topological polar surface area (TPSA) is 64.3 Å². The van der Waals surface area contributed by atoms with E-state index in [1.807, 2.05) is 12.1 Å². The molecule has 1 amide bonds. The van der Waals surface area contributed by atoms with Crippen LogP contribution in [0.15, 0.2) is 18.2 Å². The van der Waals surface area contributed by atoms with Gasteiger partial charge in [-0.05, 0) is 42.4 Å². The summed E-state index contributed by atoms with van der Waals surface area (Å²) in [6.45, 7) is 1.79. The van der Waals surface area contributed by atoms with Gasteiger partial charge in [-0.2, -0.15) is 0 Å². The second-order valence-electron chi connectivity index (χ2n) is 6.46. The highest BCUT2D eigenvalue weighted by atomic mass is 16.5. The average Bonchev–Trinajstić information content (AvgIpc) is 2.59. The van der Waals surface area contributed by atoms with Crippen LogP contribution < -0.4 is 11.1 Å². The van der Waals surface area contributed by atoms with Gasteiger partial charge >= 0.3 is 0 Å². The van der Waals surface area contributed by atoms with Crippen LogP contribution in [-0.4, -0.2) is 25.1 Å². The largest absolute Gasteiger partial charge is 0.376 e.